The van der Waals surface area contributed by atoms with Gasteiger partial charge in [0.25, 0.3) is 0 Å². The number of aliphatic hydroxyl groups excluding tert-OH is 2. The molecule has 1 aliphatic heterocycles. The number of carboxylic acid groups (broad SMARTS) is 1. The Bertz CT molecular complexity index is 925. The second-order valence-corrected chi connectivity index (χ2v) is 9.41. The number of halogens is 2. The van der Waals surface area contributed by atoms with Gasteiger partial charge >= 0.3 is 5.97 Å². The lowest BCUT2D eigenvalue weighted by Gasteiger charge is -2.33. The molecule has 1 unspecified atom stereocenters. The fraction of sp³-hybridized carbons (Fsp3) is 0.471. The molecule has 0 radical (unpaired) electrons. The Morgan fingerprint density at radius 2 is 1.90 bits per heavy atom. The van der Waals surface area contributed by atoms with Crippen molar-refractivity contribution in [2.45, 2.75) is 36.1 Å². The normalized spacial score (nSPS) is 26.3. The summed E-state index contributed by atoms with van der Waals surface area (Å²) in [5, 5.41) is 26.9. The fourth-order valence-corrected chi connectivity index (χ4v) is 5.54. The number of ether oxygens (including phenoxy) is 2. The van der Waals surface area contributed by atoms with E-state index in [0.29, 0.717) is 0 Å². The molecule has 160 valence electrons. The third-order valence-corrected chi connectivity index (χ3v) is 7.16. The van der Waals surface area contributed by atoms with Gasteiger partial charge in [0, 0.05) is 10.9 Å². The van der Waals surface area contributed by atoms with Crippen LogP contribution in [-0.4, -0.2) is 66.2 Å². The van der Waals surface area contributed by atoms with Crippen LogP contribution in [0.5, 0.6) is 0 Å². The molecule has 0 amide bonds. The predicted octanol–water partition coefficient (Wildman–Crippen LogP) is 0.968. The van der Waals surface area contributed by atoms with Crippen LogP contribution >= 0.6 is 15.9 Å². The first-order valence-corrected chi connectivity index (χ1v) is 10.9. The maximum Gasteiger partial charge on any atom is 0.332 e. The van der Waals surface area contributed by atoms with E-state index < -0.39 is 63.8 Å². The van der Waals surface area contributed by atoms with E-state index in [1.165, 1.54) is 6.07 Å². The van der Waals surface area contributed by atoms with Crippen LogP contribution in [0, 0.1) is 5.82 Å². The summed E-state index contributed by atoms with van der Waals surface area (Å²) in [6.45, 7) is -0.907. The van der Waals surface area contributed by atoms with Crippen LogP contribution in [0.15, 0.2) is 34.3 Å². The van der Waals surface area contributed by atoms with Crippen molar-refractivity contribution < 1.29 is 42.4 Å². The minimum absolute atomic E-state index is 0.00700. The van der Waals surface area contributed by atoms with Crippen molar-refractivity contribution in [2.24, 2.45) is 0 Å². The molecule has 1 aromatic rings. The number of sulfonamides is 1. The molecule has 12 heteroatoms. The maximum atomic E-state index is 13.2. The predicted molar refractivity (Wildman–Crippen MR) is 102 cm³/mol. The van der Waals surface area contributed by atoms with Crippen molar-refractivity contribution in [3.63, 3.8) is 0 Å². The molecule has 1 aliphatic carbocycles. The molecule has 1 fully saturated rings. The average molecular weight is 496 g/mol. The lowest BCUT2D eigenvalue weighted by atomic mass is 9.94. The van der Waals surface area contributed by atoms with Crippen LogP contribution < -0.4 is 4.72 Å². The summed E-state index contributed by atoms with van der Waals surface area (Å²) in [7, 11) is -4.21. The van der Waals surface area contributed by atoms with Gasteiger partial charge in [0.15, 0.2) is 5.79 Å². The highest BCUT2D eigenvalue weighted by Gasteiger charge is 2.51. The van der Waals surface area contributed by atoms with Crippen LogP contribution in [0.3, 0.4) is 0 Å². The second kappa shape index (κ2) is 8.28. The monoisotopic (exact) mass is 495 g/mol. The van der Waals surface area contributed by atoms with Gasteiger partial charge in [-0.3, -0.25) is 4.72 Å². The Hall–Kier alpha value is -1.57. The minimum Gasteiger partial charge on any atom is -0.478 e. The number of carboxylic acids is 1. The number of anilines is 1. The zero-order valence-corrected chi connectivity index (χ0v) is 17.3. The number of hydrogen-bond donors (Lipinski definition) is 4. The number of benzene rings is 1. The van der Waals surface area contributed by atoms with E-state index in [-0.39, 0.29) is 23.0 Å². The molecule has 29 heavy (non-hydrogen) atoms. The molecular weight excluding hydrogens is 477 g/mol. The SMILES string of the molecule is O=C(O)C1=CC2(CCC1S(=O)(=O)Nc1ccc(F)cc1Br)O[C@@H](CO)[C@H](CO)O2. The van der Waals surface area contributed by atoms with Gasteiger partial charge in [0.05, 0.1) is 24.5 Å². The van der Waals surface area contributed by atoms with E-state index in [9.17, 15) is 32.9 Å². The van der Waals surface area contributed by atoms with E-state index in [2.05, 4.69) is 20.7 Å². The Morgan fingerprint density at radius 3 is 2.41 bits per heavy atom. The molecule has 3 rings (SSSR count). The number of aliphatic carboxylic acids is 1. The highest BCUT2D eigenvalue weighted by atomic mass is 79.9. The summed E-state index contributed by atoms with van der Waals surface area (Å²) < 4.78 is 52.6. The number of carbonyl (C=O) groups is 1. The van der Waals surface area contributed by atoms with Gasteiger partial charge in [-0.25, -0.2) is 17.6 Å². The molecule has 0 saturated carbocycles. The number of nitrogens with one attached hydrogen (secondary N) is 1. The smallest absolute Gasteiger partial charge is 0.332 e. The molecule has 3 atom stereocenters. The van der Waals surface area contributed by atoms with Crippen LogP contribution in [0.4, 0.5) is 10.1 Å². The maximum absolute atomic E-state index is 13.2. The Kier molecular flexibility index (Phi) is 6.32. The molecule has 9 nitrogen and oxygen atoms in total. The standard InChI is InChI=1S/C17H19BrFNO8S/c18-11-5-9(19)1-2-12(11)20-29(25,26)15-3-4-17(6-10(15)16(23)24)27-13(7-21)14(8-22)28-17/h1-2,5-6,13-15,20-22H,3-4,7-8H2,(H,23,24)/t13-,14-,15?/m0/s1. The summed E-state index contributed by atoms with van der Waals surface area (Å²) >= 11 is 3.06. The topological polar surface area (TPSA) is 142 Å². The van der Waals surface area contributed by atoms with Crippen molar-refractivity contribution in [3.05, 3.63) is 40.1 Å². The van der Waals surface area contributed by atoms with E-state index >= 15 is 0 Å². The number of aliphatic hydroxyl groups is 2. The number of rotatable bonds is 6. The molecule has 0 bridgehead atoms. The van der Waals surface area contributed by atoms with Gasteiger partial charge in [-0.1, -0.05) is 0 Å². The van der Waals surface area contributed by atoms with E-state index in [0.717, 1.165) is 18.2 Å². The first kappa shape index (κ1) is 22.1. The Balaban J connectivity index is 1.91. The highest BCUT2D eigenvalue weighted by molar-refractivity contribution is 9.10. The van der Waals surface area contributed by atoms with E-state index in [4.69, 9.17) is 9.47 Å². The summed E-state index contributed by atoms with van der Waals surface area (Å²) in [6, 6.07) is 3.36. The summed E-state index contributed by atoms with van der Waals surface area (Å²) in [4.78, 5) is 11.8. The van der Waals surface area contributed by atoms with Gasteiger partial charge in [0.2, 0.25) is 10.0 Å². The van der Waals surface area contributed by atoms with Crippen molar-refractivity contribution in [1.82, 2.24) is 0 Å². The first-order chi connectivity index (χ1) is 13.6. The largest absolute Gasteiger partial charge is 0.478 e. The van der Waals surface area contributed by atoms with Gasteiger partial charge in [-0.05, 0) is 46.6 Å². The molecule has 0 aromatic heterocycles. The zero-order chi connectivity index (χ0) is 21.4. The van der Waals surface area contributed by atoms with Crippen LogP contribution in [0.1, 0.15) is 12.8 Å². The number of hydrogen-bond acceptors (Lipinski definition) is 7. The quantitative estimate of drug-likeness (QED) is 0.457. The Labute approximate surface area is 174 Å². The Morgan fingerprint density at radius 1 is 1.28 bits per heavy atom. The van der Waals surface area contributed by atoms with Gasteiger partial charge in [-0.15, -0.1) is 0 Å². The second-order valence-electron chi connectivity index (χ2n) is 6.69. The van der Waals surface area contributed by atoms with Crippen LogP contribution in [0.25, 0.3) is 0 Å². The van der Waals surface area contributed by atoms with Gasteiger partial charge in [-0.2, -0.15) is 0 Å². The average Bonchev–Trinajstić information content (AvgIpc) is 3.01. The van der Waals surface area contributed by atoms with Crippen molar-refractivity contribution in [3.8, 4) is 0 Å². The van der Waals surface area contributed by atoms with Gasteiger partial charge < -0.3 is 24.8 Å². The van der Waals surface area contributed by atoms with Crippen LogP contribution in [0.2, 0.25) is 0 Å². The van der Waals surface area contributed by atoms with Crippen LogP contribution in [-0.2, 0) is 24.3 Å². The van der Waals surface area contributed by atoms with Crippen molar-refractivity contribution in [1.29, 1.82) is 0 Å². The molecule has 1 heterocycles. The molecule has 1 aromatic carbocycles. The van der Waals surface area contributed by atoms with Crippen molar-refractivity contribution in [2.75, 3.05) is 17.9 Å². The molecular formula is C17H19BrFNO8S. The fourth-order valence-electron chi connectivity index (χ4n) is 3.40. The van der Waals surface area contributed by atoms with Crippen molar-refractivity contribution >= 4 is 37.6 Å². The van der Waals surface area contributed by atoms with Gasteiger partial charge in [0.1, 0.15) is 23.3 Å². The zero-order valence-electron chi connectivity index (χ0n) is 14.9. The molecule has 4 N–H and O–H groups in total. The van der Waals surface area contributed by atoms with E-state index in [1.807, 2.05) is 0 Å². The summed E-state index contributed by atoms with van der Waals surface area (Å²) in [6.07, 6.45) is -0.823. The lowest BCUT2D eigenvalue weighted by molar-refractivity contribution is -0.153. The lowest BCUT2D eigenvalue weighted by Crippen LogP contribution is -2.42. The molecule has 1 spiro atoms. The third kappa shape index (κ3) is 4.47. The van der Waals surface area contributed by atoms with E-state index in [1.54, 1.807) is 0 Å². The minimum atomic E-state index is -4.21. The third-order valence-electron chi connectivity index (χ3n) is 4.76. The molecule has 1 saturated heterocycles. The summed E-state index contributed by atoms with van der Waals surface area (Å²) in [5.74, 6) is -3.59. The summed E-state index contributed by atoms with van der Waals surface area (Å²) in [5.41, 5.74) is -0.400. The molecule has 2 aliphatic rings. The first-order valence-electron chi connectivity index (χ1n) is 8.61. The highest BCUT2D eigenvalue weighted by Crippen LogP contribution is 2.41.